The number of benzene rings is 1. The minimum Gasteiger partial charge on any atom is -0.346 e. The number of fused-ring (bicyclic) bond motifs is 1. The largest absolute Gasteiger partial charge is 0.346 e. The van der Waals surface area contributed by atoms with Crippen LogP contribution in [0, 0.1) is 13.8 Å². The molecule has 1 aliphatic rings. The molecule has 2 aromatic heterocycles. The van der Waals surface area contributed by atoms with Gasteiger partial charge in [0, 0.05) is 29.2 Å². The van der Waals surface area contributed by atoms with Crippen LogP contribution in [0.25, 0.3) is 17.1 Å². The first kappa shape index (κ1) is 18.3. The number of hydrogen-bond donors (Lipinski definition) is 3. The summed E-state index contributed by atoms with van der Waals surface area (Å²) >= 11 is 0. The number of anilines is 1. The van der Waals surface area contributed by atoms with E-state index in [0.29, 0.717) is 22.8 Å². The van der Waals surface area contributed by atoms with Crippen molar-refractivity contribution in [3.63, 3.8) is 0 Å². The molecule has 6 nitrogen and oxygen atoms in total. The van der Waals surface area contributed by atoms with Crippen molar-refractivity contribution < 1.29 is 4.79 Å². The van der Waals surface area contributed by atoms with Crippen molar-refractivity contribution in [1.82, 2.24) is 14.5 Å². The molecule has 3 N–H and O–H groups in total. The number of nitrogens with zero attached hydrogens (tertiary/aromatic N) is 1. The molecular formula is C22H26N4O2. The van der Waals surface area contributed by atoms with E-state index in [9.17, 15) is 9.59 Å². The van der Waals surface area contributed by atoms with E-state index in [4.69, 9.17) is 0 Å². The monoisotopic (exact) mass is 378 g/mol. The van der Waals surface area contributed by atoms with E-state index in [1.165, 1.54) is 43.5 Å². The second-order valence-electron chi connectivity index (χ2n) is 7.65. The molecule has 1 fully saturated rings. The second kappa shape index (κ2) is 7.54. The maximum Gasteiger partial charge on any atom is 0.323 e. The van der Waals surface area contributed by atoms with E-state index in [0.717, 1.165) is 5.56 Å². The Morgan fingerprint density at radius 1 is 1.11 bits per heavy atom. The molecule has 0 saturated heterocycles. The van der Waals surface area contributed by atoms with Gasteiger partial charge in [-0.1, -0.05) is 19.3 Å². The van der Waals surface area contributed by atoms with Gasteiger partial charge in [0.1, 0.15) is 0 Å². The minimum atomic E-state index is -0.258. The van der Waals surface area contributed by atoms with Crippen LogP contribution < -0.4 is 11.0 Å². The number of imidazole rings is 1. The van der Waals surface area contributed by atoms with Crippen LogP contribution in [0.4, 0.5) is 5.69 Å². The highest BCUT2D eigenvalue weighted by Crippen LogP contribution is 2.32. The molecule has 0 bridgehead atoms. The Hall–Kier alpha value is -3.02. The number of carbonyl (C=O) groups is 1. The molecule has 146 valence electrons. The lowest BCUT2D eigenvalue weighted by Crippen LogP contribution is -2.15. The zero-order valence-corrected chi connectivity index (χ0v) is 16.3. The van der Waals surface area contributed by atoms with E-state index in [1.54, 1.807) is 24.3 Å². The van der Waals surface area contributed by atoms with Gasteiger partial charge in [0.05, 0.1) is 11.0 Å². The van der Waals surface area contributed by atoms with Gasteiger partial charge in [-0.25, -0.2) is 4.79 Å². The molecule has 1 aliphatic carbocycles. The summed E-state index contributed by atoms with van der Waals surface area (Å²) in [5, 5.41) is 2.85. The van der Waals surface area contributed by atoms with Crippen molar-refractivity contribution >= 4 is 28.7 Å². The lowest BCUT2D eigenvalue weighted by Gasteiger charge is -2.26. The van der Waals surface area contributed by atoms with E-state index < -0.39 is 0 Å². The van der Waals surface area contributed by atoms with E-state index in [2.05, 4.69) is 39.8 Å². The number of rotatable bonds is 4. The van der Waals surface area contributed by atoms with Crippen molar-refractivity contribution in [1.29, 1.82) is 0 Å². The van der Waals surface area contributed by atoms with Gasteiger partial charge in [-0.05, 0) is 62.6 Å². The van der Waals surface area contributed by atoms with Gasteiger partial charge in [0.25, 0.3) is 0 Å². The number of H-pyrrole nitrogens is 2. The van der Waals surface area contributed by atoms with Crippen LogP contribution in [0.1, 0.15) is 55.1 Å². The number of nitrogens with one attached hydrogen (secondary N) is 3. The van der Waals surface area contributed by atoms with Gasteiger partial charge in [-0.3, -0.25) is 4.79 Å². The van der Waals surface area contributed by atoms with Crippen LogP contribution >= 0.6 is 0 Å². The molecular weight excluding hydrogens is 352 g/mol. The SMILES string of the molecule is Cc1cc(/C=C/C(=O)Nc2ccc3[nH]c(=O)[nH]c3c2)c(C)n1C1CCCCC1. The number of carbonyl (C=O) groups excluding carboxylic acids is 1. The molecule has 0 aliphatic heterocycles. The topological polar surface area (TPSA) is 82.7 Å². The number of aromatic amines is 2. The summed E-state index contributed by atoms with van der Waals surface area (Å²) in [5.74, 6) is -0.195. The Kier molecular flexibility index (Phi) is 4.94. The summed E-state index contributed by atoms with van der Waals surface area (Å²) in [6.45, 7) is 4.28. The predicted octanol–water partition coefficient (Wildman–Crippen LogP) is 4.43. The summed E-state index contributed by atoms with van der Waals surface area (Å²) in [6, 6.07) is 8.02. The molecule has 4 rings (SSSR count). The summed E-state index contributed by atoms with van der Waals surface area (Å²) in [4.78, 5) is 29.1. The van der Waals surface area contributed by atoms with E-state index in [1.807, 2.05) is 6.08 Å². The lowest BCUT2D eigenvalue weighted by atomic mass is 9.95. The fourth-order valence-electron chi connectivity index (χ4n) is 4.33. The molecule has 1 amide bonds. The number of aryl methyl sites for hydroxylation is 1. The molecule has 0 atom stereocenters. The van der Waals surface area contributed by atoms with Crippen molar-refractivity contribution in [3.8, 4) is 0 Å². The van der Waals surface area contributed by atoms with Crippen LogP contribution in [-0.2, 0) is 4.79 Å². The van der Waals surface area contributed by atoms with E-state index in [-0.39, 0.29) is 11.6 Å². The zero-order valence-electron chi connectivity index (χ0n) is 16.3. The smallest absolute Gasteiger partial charge is 0.323 e. The highest BCUT2D eigenvalue weighted by Gasteiger charge is 2.19. The number of hydrogen-bond acceptors (Lipinski definition) is 2. The zero-order chi connectivity index (χ0) is 19.7. The first-order valence-corrected chi connectivity index (χ1v) is 9.91. The average Bonchev–Trinajstić information content (AvgIpc) is 3.18. The third-order valence-corrected chi connectivity index (χ3v) is 5.66. The van der Waals surface area contributed by atoms with Crippen LogP contribution in [0.15, 0.2) is 35.1 Å². The summed E-state index contributed by atoms with van der Waals surface area (Å²) in [7, 11) is 0. The van der Waals surface area contributed by atoms with Crippen LogP contribution in [0.2, 0.25) is 0 Å². The van der Waals surface area contributed by atoms with Gasteiger partial charge in [0.15, 0.2) is 0 Å². The highest BCUT2D eigenvalue weighted by molar-refractivity contribution is 6.02. The van der Waals surface area contributed by atoms with Gasteiger partial charge in [0.2, 0.25) is 5.91 Å². The minimum absolute atomic E-state index is 0.195. The lowest BCUT2D eigenvalue weighted by molar-refractivity contribution is -0.111. The molecule has 0 radical (unpaired) electrons. The van der Waals surface area contributed by atoms with E-state index >= 15 is 0 Å². The van der Waals surface area contributed by atoms with Gasteiger partial charge in [-0.15, -0.1) is 0 Å². The summed E-state index contributed by atoms with van der Waals surface area (Å²) < 4.78 is 2.44. The second-order valence-corrected chi connectivity index (χ2v) is 7.65. The maximum atomic E-state index is 12.3. The third kappa shape index (κ3) is 3.67. The van der Waals surface area contributed by atoms with Crippen LogP contribution in [-0.4, -0.2) is 20.4 Å². The van der Waals surface area contributed by atoms with Crippen LogP contribution in [0.5, 0.6) is 0 Å². The Bertz CT molecular complexity index is 1090. The Morgan fingerprint density at radius 2 is 1.86 bits per heavy atom. The molecule has 1 aromatic carbocycles. The molecule has 0 spiro atoms. The fraction of sp³-hybridized carbons (Fsp3) is 0.364. The van der Waals surface area contributed by atoms with Crippen molar-refractivity contribution in [2.24, 2.45) is 0 Å². The maximum absolute atomic E-state index is 12.3. The van der Waals surface area contributed by atoms with Crippen molar-refractivity contribution in [3.05, 3.63) is 57.8 Å². The standard InChI is InChI=1S/C22H26N4O2/c1-14-12-16(15(2)26(14)18-6-4-3-5-7-18)8-11-21(27)23-17-9-10-19-20(13-17)25-22(28)24-19/h8-13,18H,3-7H2,1-2H3,(H,23,27)(H2,24,25,28)/b11-8+. The summed E-state index contributed by atoms with van der Waals surface area (Å²) in [6.07, 6.45) is 9.86. The molecule has 6 heteroatoms. The Balaban J connectivity index is 1.48. The first-order valence-electron chi connectivity index (χ1n) is 9.91. The normalized spacial score (nSPS) is 15.5. The molecule has 1 saturated carbocycles. The Morgan fingerprint density at radius 3 is 2.64 bits per heavy atom. The quantitative estimate of drug-likeness (QED) is 0.587. The predicted molar refractivity (Wildman–Crippen MR) is 113 cm³/mol. The molecule has 0 unspecified atom stereocenters. The molecule has 28 heavy (non-hydrogen) atoms. The summed E-state index contributed by atoms with van der Waals surface area (Å²) in [5.41, 5.74) is 5.34. The fourth-order valence-corrected chi connectivity index (χ4v) is 4.33. The molecule has 2 heterocycles. The van der Waals surface area contributed by atoms with Gasteiger partial charge in [-0.2, -0.15) is 0 Å². The van der Waals surface area contributed by atoms with Gasteiger partial charge < -0.3 is 19.9 Å². The molecule has 3 aromatic rings. The Labute approximate surface area is 163 Å². The highest BCUT2D eigenvalue weighted by atomic mass is 16.1. The number of amides is 1. The first-order chi connectivity index (χ1) is 13.5. The third-order valence-electron chi connectivity index (χ3n) is 5.66. The average molecular weight is 378 g/mol. The van der Waals surface area contributed by atoms with Crippen LogP contribution in [0.3, 0.4) is 0 Å². The van der Waals surface area contributed by atoms with Gasteiger partial charge >= 0.3 is 5.69 Å². The number of aromatic nitrogens is 3. The van der Waals surface area contributed by atoms with Crippen molar-refractivity contribution in [2.75, 3.05) is 5.32 Å². The van der Waals surface area contributed by atoms with Crippen molar-refractivity contribution in [2.45, 2.75) is 52.0 Å².